The third-order valence-electron chi connectivity index (χ3n) is 2.52. The zero-order chi connectivity index (χ0) is 18.5. The average Bonchev–Trinajstić information content (AvgIpc) is 2.55. The van der Waals surface area contributed by atoms with Gasteiger partial charge in [0.15, 0.2) is 0 Å². The Hall–Kier alpha value is -0.416. The lowest BCUT2D eigenvalue weighted by atomic mass is 10.8. The SMILES string of the molecule is CC=C[Si]1O[Si](C=CC)O[Si](C=CC)O[Si](C=CC)O[Si](C=CC)O1. The monoisotopic (exact) mass is 425 g/mol. The van der Waals surface area contributed by atoms with Crippen LogP contribution in [-0.4, -0.2) is 46.4 Å². The molecule has 0 saturated carbocycles. The maximum atomic E-state index is 6.16. The summed E-state index contributed by atoms with van der Waals surface area (Å²) in [4.78, 5) is 0. The van der Waals surface area contributed by atoms with Crippen LogP contribution >= 0.6 is 0 Å². The van der Waals surface area contributed by atoms with Gasteiger partial charge < -0.3 is 20.6 Å². The summed E-state index contributed by atoms with van der Waals surface area (Å²) in [6.45, 7) is 9.80. The van der Waals surface area contributed by atoms with Gasteiger partial charge in [-0.05, 0) is 63.1 Å². The maximum Gasteiger partial charge on any atom is 0.396 e. The topological polar surface area (TPSA) is 46.2 Å². The van der Waals surface area contributed by atoms with Crippen molar-refractivity contribution in [3.8, 4) is 0 Å². The summed E-state index contributed by atoms with van der Waals surface area (Å²) in [5.41, 5.74) is 9.89. The summed E-state index contributed by atoms with van der Waals surface area (Å²) in [7, 11) is -8.13. The van der Waals surface area contributed by atoms with E-state index >= 15 is 0 Å². The van der Waals surface area contributed by atoms with Crippen LogP contribution in [-0.2, 0) is 20.6 Å². The second kappa shape index (κ2) is 13.7. The lowest BCUT2D eigenvalue weighted by Crippen LogP contribution is -2.46. The van der Waals surface area contributed by atoms with Crippen molar-refractivity contribution in [2.45, 2.75) is 34.6 Å². The molecule has 1 aliphatic rings. The summed E-state index contributed by atoms with van der Waals surface area (Å²) < 4.78 is 30.8. The van der Waals surface area contributed by atoms with Crippen LogP contribution in [0.2, 0.25) is 0 Å². The van der Waals surface area contributed by atoms with E-state index in [2.05, 4.69) is 0 Å². The molecule has 135 valence electrons. The van der Waals surface area contributed by atoms with E-state index in [1.54, 1.807) is 0 Å². The van der Waals surface area contributed by atoms with Crippen molar-refractivity contribution in [3.63, 3.8) is 0 Å². The predicted octanol–water partition coefficient (Wildman–Crippen LogP) is 3.10. The Bertz CT molecular complexity index is 394. The van der Waals surface area contributed by atoms with Gasteiger partial charge in [-0.2, -0.15) is 0 Å². The first-order chi connectivity index (χ1) is 12.2. The molecule has 1 fully saturated rings. The molecule has 10 heteroatoms. The molecule has 0 aromatic rings. The molecule has 0 aliphatic carbocycles. The zero-order valence-corrected chi connectivity index (χ0v) is 20.3. The highest BCUT2D eigenvalue weighted by atomic mass is 28.5. The average molecular weight is 426 g/mol. The van der Waals surface area contributed by atoms with E-state index in [-0.39, 0.29) is 0 Å². The van der Waals surface area contributed by atoms with Crippen molar-refractivity contribution in [3.05, 3.63) is 58.9 Å². The Morgan fingerprint density at radius 2 is 0.520 bits per heavy atom. The minimum absolute atomic E-state index is 1.63. The predicted molar refractivity (Wildman–Crippen MR) is 108 cm³/mol. The number of hydrogen-bond donors (Lipinski definition) is 0. The van der Waals surface area contributed by atoms with E-state index < -0.39 is 46.4 Å². The molecule has 5 radical (unpaired) electrons. The Labute approximate surface area is 160 Å². The van der Waals surface area contributed by atoms with Gasteiger partial charge >= 0.3 is 46.4 Å². The normalized spacial score (nSPS) is 22.6. The standard InChI is InChI=1S/C15H25O5Si5/c1-6-11-21-16-22(12-7-2)18-24(14-9-4)20-25(15-10-5)19-23(17-21)13-8-3/h6-15H,1-5H3. The second-order valence-corrected chi connectivity index (χ2v) is 13.5. The van der Waals surface area contributed by atoms with Crippen LogP contribution in [0.25, 0.3) is 0 Å². The molecule has 0 aromatic carbocycles. The van der Waals surface area contributed by atoms with Gasteiger partial charge in [0, 0.05) is 0 Å². The first-order valence-electron chi connectivity index (χ1n) is 8.04. The highest BCUT2D eigenvalue weighted by Crippen LogP contribution is 2.11. The van der Waals surface area contributed by atoms with Gasteiger partial charge in [-0.25, -0.2) is 0 Å². The van der Waals surface area contributed by atoms with Gasteiger partial charge in [0.1, 0.15) is 0 Å². The molecular weight excluding hydrogens is 401 g/mol. The maximum absolute atomic E-state index is 6.16. The van der Waals surface area contributed by atoms with Crippen molar-refractivity contribution in [2.75, 3.05) is 0 Å². The molecular formula is C15H25O5Si5. The fraction of sp³-hybridized carbons (Fsp3) is 0.333. The van der Waals surface area contributed by atoms with Gasteiger partial charge in [0.2, 0.25) is 0 Å². The summed E-state index contributed by atoms with van der Waals surface area (Å²) in [6.07, 6.45) is 9.77. The molecule has 1 saturated heterocycles. The van der Waals surface area contributed by atoms with E-state index in [0.717, 1.165) is 0 Å². The fourth-order valence-electron chi connectivity index (χ4n) is 1.62. The fourth-order valence-corrected chi connectivity index (χ4v) is 12.4. The molecule has 0 aromatic heterocycles. The van der Waals surface area contributed by atoms with Gasteiger partial charge in [-0.15, -0.1) is 0 Å². The van der Waals surface area contributed by atoms with Crippen LogP contribution in [0.3, 0.4) is 0 Å². The van der Waals surface area contributed by atoms with E-state index in [4.69, 9.17) is 20.6 Å². The van der Waals surface area contributed by atoms with Gasteiger partial charge in [0.25, 0.3) is 0 Å². The quantitative estimate of drug-likeness (QED) is 0.633. The zero-order valence-electron chi connectivity index (χ0n) is 15.3. The summed E-state index contributed by atoms with van der Waals surface area (Å²) in [5.74, 6) is 0. The van der Waals surface area contributed by atoms with Crippen molar-refractivity contribution >= 4 is 46.4 Å². The molecule has 1 aliphatic heterocycles. The van der Waals surface area contributed by atoms with E-state index in [1.165, 1.54) is 0 Å². The van der Waals surface area contributed by atoms with Crippen LogP contribution in [0, 0.1) is 0 Å². The molecule has 0 bridgehead atoms. The number of allylic oxidation sites excluding steroid dienone is 5. The minimum Gasteiger partial charge on any atom is -0.407 e. The third-order valence-corrected chi connectivity index (χ3v) is 13.6. The van der Waals surface area contributed by atoms with Crippen molar-refractivity contribution in [2.24, 2.45) is 0 Å². The van der Waals surface area contributed by atoms with Gasteiger partial charge in [-0.1, -0.05) is 30.4 Å². The van der Waals surface area contributed by atoms with Crippen LogP contribution < -0.4 is 0 Å². The van der Waals surface area contributed by atoms with Gasteiger partial charge in [-0.3, -0.25) is 0 Å². The first kappa shape index (κ1) is 22.6. The lowest BCUT2D eigenvalue weighted by Gasteiger charge is -2.27. The summed E-state index contributed by atoms with van der Waals surface area (Å²) in [6, 6.07) is 0. The molecule has 5 nitrogen and oxygen atoms in total. The largest absolute Gasteiger partial charge is 0.407 e. The van der Waals surface area contributed by atoms with E-state index in [9.17, 15) is 0 Å². The third kappa shape index (κ3) is 9.19. The Morgan fingerprint density at radius 1 is 0.360 bits per heavy atom. The highest BCUT2D eigenvalue weighted by molar-refractivity contribution is 6.79. The first-order valence-corrected chi connectivity index (χ1v) is 15.0. The van der Waals surface area contributed by atoms with E-state index in [0.29, 0.717) is 0 Å². The van der Waals surface area contributed by atoms with Crippen LogP contribution in [0.1, 0.15) is 34.6 Å². The molecule has 1 rings (SSSR count). The van der Waals surface area contributed by atoms with Gasteiger partial charge in [0.05, 0.1) is 0 Å². The Kier molecular flexibility index (Phi) is 12.4. The number of hydrogen-bond acceptors (Lipinski definition) is 5. The van der Waals surface area contributed by atoms with Crippen molar-refractivity contribution in [1.29, 1.82) is 0 Å². The second-order valence-electron chi connectivity index (χ2n) is 4.61. The highest BCUT2D eigenvalue weighted by Gasteiger charge is 2.34. The lowest BCUT2D eigenvalue weighted by molar-refractivity contribution is 0.306. The molecule has 25 heavy (non-hydrogen) atoms. The molecule has 0 N–H and O–H groups in total. The van der Waals surface area contributed by atoms with Crippen molar-refractivity contribution in [1.82, 2.24) is 0 Å². The minimum atomic E-state index is -1.63. The molecule has 0 amide bonds. The molecule has 0 atom stereocenters. The van der Waals surface area contributed by atoms with Crippen LogP contribution in [0.5, 0.6) is 0 Å². The smallest absolute Gasteiger partial charge is 0.396 e. The Balaban J connectivity index is 3.15. The Morgan fingerprint density at radius 3 is 0.640 bits per heavy atom. The molecule has 1 heterocycles. The summed E-state index contributed by atoms with van der Waals surface area (Å²) in [5, 5.41) is 0. The van der Waals surface area contributed by atoms with Crippen LogP contribution in [0.15, 0.2) is 58.9 Å². The summed E-state index contributed by atoms with van der Waals surface area (Å²) >= 11 is 0. The number of rotatable bonds is 5. The van der Waals surface area contributed by atoms with E-state index in [1.807, 2.05) is 93.5 Å². The molecule has 0 spiro atoms. The van der Waals surface area contributed by atoms with Crippen LogP contribution in [0.4, 0.5) is 0 Å². The van der Waals surface area contributed by atoms with Crippen molar-refractivity contribution < 1.29 is 20.6 Å². The molecule has 0 unspecified atom stereocenters.